The topological polar surface area (TPSA) is 12.0 Å². The van der Waals surface area contributed by atoms with E-state index in [0.29, 0.717) is 0 Å². The molecule has 0 aromatic heterocycles. The molecule has 0 atom stereocenters. The molecule has 4 aliphatic carbocycles. The lowest BCUT2D eigenvalue weighted by Crippen LogP contribution is -2.50. The highest BCUT2D eigenvalue weighted by atomic mass is 79.9. The van der Waals surface area contributed by atoms with Gasteiger partial charge in [-0.3, -0.25) is 0 Å². The molecule has 4 fully saturated rings. The Hall–Kier alpha value is 0.440. The molecular weight excluding hydrogens is 250 g/mol. The molecule has 0 saturated heterocycles. The summed E-state index contributed by atoms with van der Waals surface area (Å²) in [6, 6.07) is 0. The molecule has 0 aliphatic heterocycles. The standard InChI is InChI=1S/C13H22BrN/c14-1-2-15-9-13-6-10-3-11(7-13)5-12(4-10)8-13/h10-12,15H,1-9H2. The first kappa shape index (κ1) is 10.6. The van der Waals surface area contributed by atoms with Gasteiger partial charge >= 0.3 is 0 Å². The second-order valence-corrected chi connectivity index (χ2v) is 7.08. The van der Waals surface area contributed by atoms with Gasteiger partial charge in [-0.2, -0.15) is 0 Å². The largest absolute Gasteiger partial charge is 0.315 e. The van der Waals surface area contributed by atoms with Crippen LogP contribution in [-0.4, -0.2) is 18.4 Å². The Morgan fingerprint density at radius 2 is 1.53 bits per heavy atom. The first-order chi connectivity index (χ1) is 7.30. The van der Waals surface area contributed by atoms with Crippen LogP contribution in [-0.2, 0) is 0 Å². The summed E-state index contributed by atoms with van der Waals surface area (Å²) in [6.07, 6.45) is 9.31. The summed E-state index contributed by atoms with van der Waals surface area (Å²) in [5.74, 6) is 3.30. The molecule has 4 saturated carbocycles. The van der Waals surface area contributed by atoms with E-state index in [0.717, 1.165) is 35.0 Å². The van der Waals surface area contributed by atoms with Crippen LogP contribution in [0.1, 0.15) is 38.5 Å². The van der Waals surface area contributed by atoms with Crippen LogP contribution in [0.5, 0.6) is 0 Å². The Morgan fingerprint density at radius 3 is 2.00 bits per heavy atom. The van der Waals surface area contributed by atoms with Gasteiger partial charge in [0.15, 0.2) is 0 Å². The maximum atomic E-state index is 3.65. The number of nitrogens with one attached hydrogen (secondary N) is 1. The molecule has 0 heterocycles. The van der Waals surface area contributed by atoms with Crippen molar-refractivity contribution >= 4 is 15.9 Å². The third kappa shape index (κ3) is 2.00. The lowest BCUT2D eigenvalue weighted by atomic mass is 9.49. The third-order valence-electron chi connectivity index (χ3n) is 4.94. The molecule has 0 aromatic carbocycles. The smallest absolute Gasteiger partial charge is 0.0157 e. The summed E-state index contributed by atoms with van der Waals surface area (Å²) in [4.78, 5) is 0. The second kappa shape index (κ2) is 4.03. The van der Waals surface area contributed by atoms with Gasteiger partial charge in [0, 0.05) is 18.4 Å². The van der Waals surface area contributed by atoms with E-state index in [4.69, 9.17) is 0 Å². The molecule has 1 N–H and O–H groups in total. The summed E-state index contributed by atoms with van der Waals surface area (Å²) in [5, 5.41) is 4.74. The van der Waals surface area contributed by atoms with E-state index in [9.17, 15) is 0 Å². The first-order valence-corrected chi connectivity index (χ1v) is 7.68. The fourth-order valence-electron chi connectivity index (χ4n) is 4.93. The van der Waals surface area contributed by atoms with Crippen molar-refractivity contribution in [1.82, 2.24) is 5.32 Å². The zero-order valence-corrected chi connectivity index (χ0v) is 11.1. The molecule has 4 bridgehead atoms. The van der Waals surface area contributed by atoms with Crippen LogP contribution in [0.15, 0.2) is 0 Å². The van der Waals surface area contributed by atoms with Crippen LogP contribution >= 0.6 is 15.9 Å². The van der Waals surface area contributed by atoms with Crippen molar-refractivity contribution in [2.45, 2.75) is 38.5 Å². The Bertz CT molecular complexity index is 203. The van der Waals surface area contributed by atoms with Crippen molar-refractivity contribution in [2.24, 2.45) is 23.2 Å². The molecule has 4 aliphatic rings. The van der Waals surface area contributed by atoms with Crippen LogP contribution in [0.25, 0.3) is 0 Å². The molecule has 1 nitrogen and oxygen atoms in total. The van der Waals surface area contributed by atoms with Crippen molar-refractivity contribution in [3.05, 3.63) is 0 Å². The Kier molecular flexibility index (Phi) is 2.84. The van der Waals surface area contributed by atoms with E-state index in [-0.39, 0.29) is 0 Å². The van der Waals surface area contributed by atoms with Gasteiger partial charge in [0.05, 0.1) is 0 Å². The van der Waals surface area contributed by atoms with Crippen molar-refractivity contribution in [3.8, 4) is 0 Å². The number of hydrogen-bond acceptors (Lipinski definition) is 1. The number of halogens is 1. The van der Waals surface area contributed by atoms with Crippen LogP contribution in [0.2, 0.25) is 0 Å². The summed E-state index contributed by atoms with van der Waals surface area (Å²) >= 11 is 3.50. The molecule has 15 heavy (non-hydrogen) atoms. The van der Waals surface area contributed by atoms with Crippen molar-refractivity contribution < 1.29 is 0 Å². The van der Waals surface area contributed by atoms with Gasteiger partial charge in [-0.25, -0.2) is 0 Å². The fourth-order valence-corrected chi connectivity index (χ4v) is 5.21. The lowest BCUT2D eigenvalue weighted by molar-refractivity contribution is -0.0509. The monoisotopic (exact) mass is 271 g/mol. The average molecular weight is 272 g/mol. The quantitative estimate of drug-likeness (QED) is 0.612. The molecule has 0 spiro atoms. The molecule has 86 valence electrons. The van der Waals surface area contributed by atoms with Gasteiger partial charge in [0.1, 0.15) is 0 Å². The molecule has 0 unspecified atom stereocenters. The Labute approximate surface area is 102 Å². The van der Waals surface area contributed by atoms with Gasteiger partial charge in [0.25, 0.3) is 0 Å². The minimum Gasteiger partial charge on any atom is -0.315 e. The molecule has 4 rings (SSSR count). The molecule has 0 radical (unpaired) electrons. The first-order valence-electron chi connectivity index (χ1n) is 6.56. The molecule has 0 aromatic rings. The van der Waals surface area contributed by atoms with E-state index >= 15 is 0 Å². The minimum absolute atomic E-state index is 0.719. The van der Waals surface area contributed by atoms with Gasteiger partial charge in [-0.15, -0.1) is 0 Å². The van der Waals surface area contributed by atoms with Gasteiger partial charge < -0.3 is 5.32 Å². The van der Waals surface area contributed by atoms with E-state index < -0.39 is 0 Å². The highest BCUT2D eigenvalue weighted by Crippen LogP contribution is 2.59. The second-order valence-electron chi connectivity index (χ2n) is 6.28. The van der Waals surface area contributed by atoms with Crippen molar-refractivity contribution in [3.63, 3.8) is 0 Å². The number of hydrogen-bond donors (Lipinski definition) is 1. The van der Waals surface area contributed by atoms with Crippen LogP contribution in [0.3, 0.4) is 0 Å². The van der Waals surface area contributed by atoms with Gasteiger partial charge in [-0.05, 0) is 61.7 Å². The Balaban J connectivity index is 1.65. The molecule has 0 amide bonds. The van der Waals surface area contributed by atoms with Gasteiger partial charge in [0.2, 0.25) is 0 Å². The predicted octanol–water partition coefficient (Wildman–Crippen LogP) is 3.19. The van der Waals surface area contributed by atoms with E-state index in [2.05, 4.69) is 21.2 Å². The maximum absolute atomic E-state index is 3.65. The maximum Gasteiger partial charge on any atom is 0.0157 e. The zero-order chi connectivity index (χ0) is 10.3. The average Bonchev–Trinajstić information content (AvgIpc) is 2.15. The van der Waals surface area contributed by atoms with E-state index in [1.54, 1.807) is 19.3 Å². The van der Waals surface area contributed by atoms with Gasteiger partial charge in [-0.1, -0.05) is 15.9 Å². The van der Waals surface area contributed by atoms with Crippen LogP contribution in [0.4, 0.5) is 0 Å². The number of rotatable bonds is 4. The summed E-state index contributed by atoms with van der Waals surface area (Å²) in [7, 11) is 0. The van der Waals surface area contributed by atoms with E-state index in [1.807, 2.05) is 0 Å². The highest BCUT2D eigenvalue weighted by molar-refractivity contribution is 9.09. The van der Waals surface area contributed by atoms with Crippen molar-refractivity contribution in [2.75, 3.05) is 18.4 Å². The summed E-state index contributed by atoms with van der Waals surface area (Å²) in [5.41, 5.74) is 0.719. The Morgan fingerprint density at radius 1 is 1.00 bits per heavy atom. The van der Waals surface area contributed by atoms with Crippen LogP contribution in [0, 0.1) is 23.2 Å². The lowest BCUT2D eigenvalue weighted by Gasteiger charge is -2.57. The van der Waals surface area contributed by atoms with Crippen molar-refractivity contribution in [1.29, 1.82) is 0 Å². The van der Waals surface area contributed by atoms with E-state index in [1.165, 1.54) is 25.8 Å². The third-order valence-corrected chi connectivity index (χ3v) is 5.33. The summed E-state index contributed by atoms with van der Waals surface area (Å²) in [6.45, 7) is 2.43. The van der Waals surface area contributed by atoms with Crippen LogP contribution < -0.4 is 5.32 Å². The normalized spacial score (nSPS) is 47.4. The predicted molar refractivity (Wildman–Crippen MR) is 67.3 cm³/mol. The number of alkyl halides is 1. The molecule has 2 heteroatoms. The molecular formula is C13H22BrN. The SMILES string of the molecule is BrCCNCC12CC3CC(CC(C3)C1)C2. The highest BCUT2D eigenvalue weighted by Gasteiger charge is 2.50. The summed E-state index contributed by atoms with van der Waals surface area (Å²) < 4.78 is 0. The minimum atomic E-state index is 0.719. The fraction of sp³-hybridized carbons (Fsp3) is 1.00. The zero-order valence-electron chi connectivity index (χ0n) is 9.47.